The van der Waals surface area contributed by atoms with E-state index in [1.807, 2.05) is 6.07 Å². The summed E-state index contributed by atoms with van der Waals surface area (Å²) in [4.78, 5) is 22.4. The van der Waals surface area contributed by atoms with Crippen LogP contribution in [0.3, 0.4) is 0 Å². The zero-order valence-corrected chi connectivity index (χ0v) is 11.7. The number of nitriles is 1. The number of amides is 1. The molecule has 6 nitrogen and oxygen atoms in total. The Morgan fingerprint density at radius 2 is 2.10 bits per heavy atom. The van der Waals surface area contributed by atoms with E-state index in [1.165, 1.54) is 12.1 Å². The second-order valence-corrected chi connectivity index (χ2v) is 4.46. The number of hydrogen-bond donors (Lipinski definition) is 2. The number of carbonyl (C=O) groups is 2. The Kier molecular flexibility index (Phi) is 6.10. The van der Waals surface area contributed by atoms with E-state index in [-0.39, 0.29) is 34.3 Å². The number of carbonyl (C=O) groups excluding carboxylic acids is 1. The van der Waals surface area contributed by atoms with Crippen LogP contribution in [0.4, 0.5) is 0 Å². The van der Waals surface area contributed by atoms with Crippen LogP contribution in [0.1, 0.15) is 16.8 Å². The van der Waals surface area contributed by atoms with Gasteiger partial charge < -0.3 is 15.2 Å². The molecule has 0 aliphatic heterocycles. The molecule has 1 amide bonds. The van der Waals surface area contributed by atoms with Crippen molar-refractivity contribution in [2.24, 2.45) is 0 Å². The summed E-state index contributed by atoms with van der Waals surface area (Å²) in [5.74, 6) is -1.88. The van der Waals surface area contributed by atoms with Gasteiger partial charge in [0, 0.05) is 11.6 Å². The predicted octanol–water partition coefficient (Wildman–Crippen LogP) is 2.10. The lowest BCUT2D eigenvalue weighted by Crippen LogP contribution is -2.29. The van der Waals surface area contributed by atoms with Gasteiger partial charge in [-0.1, -0.05) is 23.2 Å². The minimum atomic E-state index is -1.27. The van der Waals surface area contributed by atoms with Gasteiger partial charge in [0.1, 0.15) is 5.56 Å². The number of nitrogens with one attached hydrogen (secondary N) is 1. The number of benzene rings is 1. The molecule has 1 aromatic rings. The minimum Gasteiger partial charge on any atom is -0.481 e. The van der Waals surface area contributed by atoms with Gasteiger partial charge in [0.25, 0.3) is 5.91 Å². The first-order valence-electron chi connectivity index (χ1n) is 5.44. The highest BCUT2D eigenvalue weighted by atomic mass is 35.5. The molecule has 0 aromatic heterocycles. The highest BCUT2D eigenvalue weighted by Crippen LogP contribution is 2.32. The molecule has 0 fully saturated rings. The van der Waals surface area contributed by atoms with Crippen molar-refractivity contribution in [2.45, 2.75) is 6.42 Å². The minimum absolute atomic E-state index is 0.000255. The fraction of sp³-hybridized carbons (Fsp3) is 0.250. The van der Waals surface area contributed by atoms with Crippen molar-refractivity contribution in [3.8, 4) is 11.8 Å². The van der Waals surface area contributed by atoms with Gasteiger partial charge in [-0.15, -0.1) is 0 Å². The van der Waals surface area contributed by atoms with Crippen LogP contribution in [0.25, 0.3) is 0 Å². The molecule has 0 bridgehead atoms. The molecular formula is C12H10Cl2N2O4. The molecule has 0 unspecified atom stereocenters. The van der Waals surface area contributed by atoms with Gasteiger partial charge in [-0.25, -0.2) is 4.79 Å². The van der Waals surface area contributed by atoms with Gasteiger partial charge >= 0.3 is 5.97 Å². The Bertz CT molecular complexity index is 569. The zero-order valence-electron chi connectivity index (χ0n) is 10.2. The lowest BCUT2D eigenvalue weighted by Gasteiger charge is -2.11. The highest BCUT2D eigenvalue weighted by molar-refractivity contribution is 6.36. The Labute approximate surface area is 124 Å². The van der Waals surface area contributed by atoms with E-state index in [4.69, 9.17) is 38.3 Å². The van der Waals surface area contributed by atoms with E-state index < -0.39 is 18.5 Å². The van der Waals surface area contributed by atoms with E-state index in [0.29, 0.717) is 0 Å². The Balaban J connectivity index is 2.75. The number of aromatic carboxylic acids is 1. The number of halogens is 2. The summed E-state index contributed by atoms with van der Waals surface area (Å²) in [5, 5.41) is 19.9. The maximum atomic E-state index is 11.4. The summed E-state index contributed by atoms with van der Waals surface area (Å²) >= 11 is 11.5. The van der Waals surface area contributed by atoms with Gasteiger partial charge in [-0.2, -0.15) is 5.26 Å². The number of carboxylic acid groups (broad SMARTS) is 1. The summed E-state index contributed by atoms with van der Waals surface area (Å²) in [7, 11) is 0. The molecule has 0 aliphatic carbocycles. The summed E-state index contributed by atoms with van der Waals surface area (Å²) in [6.45, 7) is -0.216. The molecular weight excluding hydrogens is 307 g/mol. The van der Waals surface area contributed by atoms with Crippen LogP contribution >= 0.6 is 23.2 Å². The average molecular weight is 317 g/mol. The van der Waals surface area contributed by atoms with Crippen LogP contribution in [-0.4, -0.2) is 30.1 Å². The van der Waals surface area contributed by atoms with Crippen molar-refractivity contribution in [1.82, 2.24) is 5.32 Å². The second kappa shape index (κ2) is 7.58. The van der Waals surface area contributed by atoms with E-state index in [0.717, 1.165) is 0 Å². The average Bonchev–Trinajstić information content (AvgIpc) is 2.37. The van der Waals surface area contributed by atoms with Crippen LogP contribution in [0, 0.1) is 11.3 Å². The monoisotopic (exact) mass is 316 g/mol. The summed E-state index contributed by atoms with van der Waals surface area (Å²) in [5.41, 5.74) is -0.229. The Morgan fingerprint density at radius 1 is 1.40 bits per heavy atom. The highest BCUT2D eigenvalue weighted by Gasteiger charge is 2.17. The summed E-state index contributed by atoms with van der Waals surface area (Å²) < 4.78 is 5.11. The first kappa shape index (κ1) is 16.1. The number of nitrogens with zero attached hydrogens (tertiary/aromatic N) is 1. The van der Waals surface area contributed by atoms with Gasteiger partial charge in [-0.3, -0.25) is 4.79 Å². The van der Waals surface area contributed by atoms with Gasteiger partial charge in [0.15, 0.2) is 12.4 Å². The SMILES string of the molecule is N#CCCNC(=O)COc1c(Cl)cc(Cl)cc1C(=O)O. The lowest BCUT2D eigenvalue weighted by atomic mass is 10.2. The van der Waals surface area contributed by atoms with Crippen molar-refractivity contribution in [2.75, 3.05) is 13.2 Å². The maximum absolute atomic E-state index is 11.4. The normalized spacial score (nSPS) is 9.65. The molecule has 0 saturated heterocycles. The zero-order chi connectivity index (χ0) is 15.1. The molecule has 8 heteroatoms. The first-order valence-corrected chi connectivity index (χ1v) is 6.20. The molecule has 0 heterocycles. The van der Waals surface area contributed by atoms with E-state index in [1.54, 1.807) is 0 Å². The van der Waals surface area contributed by atoms with Crippen LogP contribution < -0.4 is 10.1 Å². The molecule has 1 aromatic carbocycles. The Morgan fingerprint density at radius 3 is 2.70 bits per heavy atom. The molecule has 1 rings (SSSR count). The van der Waals surface area contributed by atoms with Crippen LogP contribution in [-0.2, 0) is 4.79 Å². The molecule has 106 valence electrons. The van der Waals surface area contributed by atoms with Gasteiger partial charge in [0.05, 0.1) is 17.5 Å². The number of rotatable bonds is 6. The van der Waals surface area contributed by atoms with Crippen molar-refractivity contribution in [3.05, 3.63) is 27.7 Å². The largest absolute Gasteiger partial charge is 0.481 e. The molecule has 2 N–H and O–H groups in total. The summed E-state index contributed by atoms with van der Waals surface area (Å²) in [6, 6.07) is 4.36. The van der Waals surface area contributed by atoms with Crippen molar-refractivity contribution >= 4 is 35.1 Å². The predicted molar refractivity (Wildman–Crippen MR) is 72.2 cm³/mol. The van der Waals surface area contributed by atoms with Crippen LogP contribution in [0.15, 0.2) is 12.1 Å². The fourth-order valence-corrected chi connectivity index (χ4v) is 1.86. The molecule has 0 spiro atoms. The lowest BCUT2D eigenvalue weighted by molar-refractivity contribution is -0.123. The third-order valence-corrected chi connectivity index (χ3v) is 2.64. The topological polar surface area (TPSA) is 99.4 Å². The van der Waals surface area contributed by atoms with Crippen LogP contribution in [0.2, 0.25) is 10.0 Å². The first-order chi connectivity index (χ1) is 9.45. The van der Waals surface area contributed by atoms with Crippen molar-refractivity contribution < 1.29 is 19.4 Å². The third-order valence-electron chi connectivity index (χ3n) is 2.15. The van der Waals surface area contributed by atoms with Gasteiger partial charge in [0.2, 0.25) is 0 Å². The van der Waals surface area contributed by atoms with E-state index in [9.17, 15) is 9.59 Å². The number of ether oxygens (including phenoxy) is 1. The molecule has 0 saturated carbocycles. The second-order valence-electron chi connectivity index (χ2n) is 3.62. The quantitative estimate of drug-likeness (QED) is 0.783. The molecule has 0 radical (unpaired) electrons. The summed E-state index contributed by atoms with van der Waals surface area (Å²) in [6.07, 6.45) is 0.174. The number of hydrogen-bond acceptors (Lipinski definition) is 4. The molecule has 0 atom stereocenters. The fourth-order valence-electron chi connectivity index (χ4n) is 1.31. The maximum Gasteiger partial charge on any atom is 0.339 e. The molecule has 0 aliphatic rings. The van der Waals surface area contributed by atoms with Crippen molar-refractivity contribution in [1.29, 1.82) is 5.26 Å². The van der Waals surface area contributed by atoms with E-state index >= 15 is 0 Å². The van der Waals surface area contributed by atoms with Crippen molar-refractivity contribution in [3.63, 3.8) is 0 Å². The third kappa shape index (κ3) is 4.61. The Hall–Kier alpha value is -1.97. The smallest absolute Gasteiger partial charge is 0.339 e. The van der Waals surface area contributed by atoms with E-state index in [2.05, 4.69) is 5.32 Å². The standard InChI is InChI=1S/C12H10Cl2N2O4/c13-7-4-8(12(18)19)11(9(14)5-7)20-6-10(17)16-3-1-2-15/h4-5H,1,3,6H2,(H,16,17)(H,18,19). The van der Waals surface area contributed by atoms with Crippen LogP contribution in [0.5, 0.6) is 5.75 Å². The van der Waals surface area contributed by atoms with Gasteiger partial charge in [-0.05, 0) is 12.1 Å². The molecule has 20 heavy (non-hydrogen) atoms. The number of carboxylic acids is 1.